The molecule has 116 valence electrons. The number of alkyl halides is 3. The van der Waals surface area contributed by atoms with Crippen LogP contribution in [0.1, 0.15) is 12.8 Å². The number of amides is 1. The van der Waals surface area contributed by atoms with E-state index in [2.05, 4.69) is 10.1 Å². The highest BCUT2D eigenvalue weighted by Gasteiger charge is 2.32. The van der Waals surface area contributed by atoms with E-state index in [9.17, 15) is 23.1 Å². The lowest BCUT2D eigenvalue weighted by Gasteiger charge is -2.10. The van der Waals surface area contributed by atoms with Gasteiger partial charge in [0.1, 0.15) is 17.6 Å². The molecule has 1 aliphatic rings. The normalized spacial score (nSPS) is 15.5. The van der Waals surface area contributed by atoms with Crippen molar-refractivity contribution < 1.29 is 27.8 Å². The largest absolute Gasteiger partial charge is 0.573 e. The van der Waals surface area contributed by atoms with E-state index in [4.69, 9.17) is 5.26 Å². The maximum absolute atomic E-state index is 12.0. The SMILES string of the molecule is N#C/C(C(=O)Nc1ccc(OC(F)(F)F)cc1)=C(/O)C1CC1. The second kappa shape index (κ2) is 5.97. The standard InChI is InChI=1S/C14H11F3N2O3/c15-14(16,17)22-10-5-3-9(4-6-10)19-13(21)11(7-18)12(20)8-1-2-8/h3-6,8,20H,1-2H2,(H,19,21)/b12-11-. The molecule has 8 heteroatoms. The van der Waals surface area contributed by atoms with E-state index in [1.807, 2.05) is 0 Å². The predicted molar refractivity (Wildman–Crippen MR) is 69.7 cm³/mol. The fraction of sp³-hybridized carbons (Fsp3) is 0.286. The van der Waals surface area contributed by atoms with Crippen molar-refractivity contribution in [2.75, 3.05) is 5.32 Å². The van der Waals surface area contributed by atoms with Gasteiger partial charge in [-0.25, -0.2) is 0 Å². The molecule has 1 aromatic carbocycles. The highest BCUT2D eigenvalue weighted by molar-refractivity contribution is 6.07. The summed E-state index contributed by atoms with van der Waals surface area (Å²) in [5.74, 6) is -1.65. The Hall–Kier alpha value is -2.69. The number of anilines is 1. The number of benzene rings is 1. The zero-order valence-electron chi connectivity index (χ0n) is 11.1. The highest BCUT2D eigenvalue weighted by atomic mass is 19.4. The van der Waals surface area contributed by atoms with Gasteiger partial charge in [0.15, 0.2) is 5.57 Å². The van der Waals surface area contributed by atoms with E-state index in [-0.39, 0.29) is 17.4 Å². The maximum atomic E-state index is 12.0. The maximum Gasteiger partial charge on any atom is 0.573 e. The van der Waals surface area contributed by atoms with Gasteiger partial charge in [0.05, 0.1) is 0 Å². The first kappa shape index (κ1) is 15.7. The molecule has 0 aliphatic heterocycles. The second-order valence-electron chi connectivity index (χ2n) is 4.67. The van der Waals surface area contributed by atoms with Gasteiger partial charge in [-0.1, -0.05) is 0 Å². The summed E-state index contributed by atoms with van der Waals surface area (Å²) in [6.45, 7) is 0. The fourth-order valence-electron chi connectivity index (χ4n) is 1.72. The number of hydrogen-bond acceptors (Lipinski definition) is 4. The Bertz CT molecular complexity index is 641. The molecular formula is C14H11F3N2O3. The lowest BCUT2D eigenvalue weighted by atomic mass is 10.1. The van der Waals surface area contributed by atoms with E-state index in [1.165, 1.54) is 12.1 Å². The third kappa shape index (κ3) is 4.15. The van der Waals surface area contributed by atoms with Crippen LogP contribution in [0.25, 0.3) is 0 Å². The summed E-state index contributed by atoms with van der Waals surface area (Å²) in [5, 5.41) is 21.0. The number of allylic oxidation sites excluding steroid dienone is 1. The summed E-state index contributed by atoms with van der Waals surface area (Å²) in [6.07, 6.45) is -3.36. The Morgan fingerprint density at radius 3 is 2.36 bits per heavy atom. The first-order valence-corrected chi connectivity index (χ1v) is 6.30. The van der Waals surface area contributed by atoms with Crippen LogP contribution >= 0.6 is 0 Å². The summed E-state index contributed by atoms with van der Waals surface area (Å²) >= 11 is 0. The zero-order chi connectivity index (χ0) is 16.3. The zero-order valence-corrected chi connectivity index (χ0v) is 11.1. The van der Waals surface area contributed by atoms with Crippen molar-refractivity contribution in [3.05, 3.63) is 35.6 Å². The molecule has 0 atom stereocenters. The molecule has 1 amide bonds. The number of nitrogens with zero attached hydrogens (tertiary/aromatic N) is 1. The van der Waals surface area contributed by atoms with Gasteiger partial charge >= 0.3 is 6.36 Å². The molecule has 0 aromatic heterocycles. The molecule has 0 spiro atoms. The van der Waals surface area contributed by atoms with Gasteiger partial charge in [-0.05, 0) is 37.1 Å². The average molecular weight is 312 g/mol. The topological polar surface area (TPSA) is 82.4 Å². The molecule has 0 bridgehead atoms. The van der Waals surface area contributed by atoms with Crippen molar-refractivity contribution >= 4 is 11.6 Å². The number of nitriles is 1. The first-order chi connectivity index (χ1) is 10.3. The van der Waals surface area contributed by atoms with Crippen molar-refractivity contribution in [2.24, 2.45) is 5.92 Å². The molecule has 2 N–H and O–H groups in total. The number of halogens is 3. The molecule has 22 heavy (non-hydrogen) atoms. The minimum absolute atomic E-state index is 0.164. The number of ether oxygens (including phenoxy) is 1. The summed E-state index contributed by atoms with van der Waals surface area (Å²) in [4.78, 5) is 11.9. The molecule has 0 heterocycles. The Labute approximate surface area is 123 Å². The molecule has 2 rings (SSSR count). The number of aliphatic hydroxyl groups excluding tert-OH is 1. The van der Waals surface area contributed by atoms with Gasteiger partial charge in [-0.2, -0.15) is 5.26 Å². The van der Waals surface area contributed by atoms with E-state index in [1.54, 1.807) is 6.07 Å². The van der Waals surface area contributed by atoms with Crippen molar-refractivity contribution in [3.8, 4) is 11.8 Å². The third-order valence-corrected chi connectivity index (χ3v) is 2.90. The molecule has 1 aliphatic carbocycles. The molecule has 0 radical (unpaired) electrons. The molecule has 0 saturated heterocycles. The Balaban J connectivity index is 2.06. The predicted octanol–water partition coefficient (Wildman–Crippen LogP) is 3.27. The van der Waals surface area contributed by atoms with E-state index < -0.39 is 23.6 Å². The number of rotatable bonds is 4. The molecule has 1 aromatic rings. The molecule has 5 nitrogen and oxygen atoms in total. The quantitative estimate of drug-likeness (QED) is 0.508. The van der Waals surface area contributed by atoms with Crippen LogP contribution < -0.4 is 10.1 Å². The van der Waals surface area contributed by atoms with Crippen LogP contribution in [0.4, 0.5) is 18.9 Å². The molecule has 1 fully saturated rings. The average Bonchev–Trinajstić information content (AvgIpc) is 3.24. The molecule has 0 unspecified atom stereocenters. The smallest absolute Gasteiger partial charge is 0.510 e. The van der Waals surface area contributed by atoms with Crippen molar-refractivity contribution in [1.82, 2.24) is 0 Å². The minimum atomic E-state index is -4.79. The Morgan fingerprint density at radius 2 is 1.91 bits per heavy atom. The summed E-state index contributed by atoms with van der Waals surface area (Å²) in [7, 11) is 0. The van der Waals surface area contributed by atoms with Crippen LogP contribution in [-0.2, 0) is 4.79 Å². The van der Waals surface area contributed by atoms with Gasteiger partial charge in [-0.3, -0.25) is 4.79 Å². The van der Waals surface area contributed by atoms with Gasteiger partial charge in [0.2, 0.25) is 0 Å². The molecular weight excluding hydrogens is 301 g/mol. The van der Waals surface area contributed by atoms with Crippen LogP contribution in [0.15, 0.2) is 35.6 Å². The number of carbonyl (C=O) groups is 1. The van der Waals surface area contributed by atoms with E-state index in [0.29, 0.717) is 12.8 Å². The highest BCUT2D eigenvalue weighted by Crippen LogP contribution is 2.36. The van der Waals surface area contributed by atoms with Crippen LogP contribution in [0.5, 0.6) is 5.75 Å². The van der Waals surface area contributed by atoms with Gasteiger partial charge in [0, 0.05) is 11.6 Å². The Morgan fingerprint density at radius 1 is 1.32 bits per heavy atom. The lowest BCUT2D eigenvalue weighted by molar-refractivity contribution is -0.274. The number of hydrogen-bond donors (Lipinski definition) is 2. The molecule has 1 saturated carbocycles. The van der Waals surface area contributed by atoms with E-state index >= 15 is 0 Å². The summed E-state index contributed by atoms with van der Waals surface area (Å²) < 4.78 is 39.7. The monoisotopic (exact) mass is 312 g/mol. The Kier molecular flexibility index (Phi) is 4.26. The van der Waals surface area contributed by atoms with Crippen LogP contribution in [-0.4, -0.2) is 17.4 Å². The van der Waals surface area contributed by atoms with Crippen LogP contribution in [0, 0.1) is 17.2 Å². The van der Waals surface area contributed by atoms with Crippen LogP contribution in [0.3, 0.4) is 0 Å². The number of aliphatic hydroxyl groups is 1. The van der Waals surface area contributed by atoms with Gasteiger partial charge < -0.3 is 15.2 Å². The van der Waals surface area contributed by atoms with Gasteiger partial charge in [-0.15, -0.1) is 13.2 Å². The van der Waals surface area contributed by atoms with Crippen molar-refractivity contribution in [1.29, 1.82) is 5.26 Å². The van der Waals surface area contributed by atoms with Crippen LogP contribution in [0.2, 0.25) is 0 Å². The van der Waals surface area contributed by atoms with Crippen molar-refractivity contribution in [2.45, 2.75) is 19.2 Å². The lowest BCUT2D eigenvalue weighted by Crippen LogP contribution is -2.17. The third-order valence-electron chi connectivity index (χ3n) is 2.90. The fourth-order valence-corrected chi connectivity index (χ4v) is 1.72. The number of carbonyl (C=O) groups excluding carboxylic acids is 1. The van der Waals surface area contributed by atoms with Gasteiger partial charge in [0.25, 0.3) is 5.91 Å². The minimum Gasteiger partial charge on any atom is -0.510 e. The first-order valence-electron chi connectivity index (χ1n) is 6.30. The van der Waals surface area contributed by atoms with Crippen molar-refractivity contribution in [3.63, 3.8) is 0 Å². The summed E-state index contributed by atoms with van der Waals surface area (Å²) in [5.41, 5.74) is -0.214. The second-order valence-corrected chi connectivity index (χ2v) is 4.67. The van der Waals surface area contributed by atoms with E-state index in [0.717, 1.165) is 12.1 Å². The summed E-state index contributed by atoms with van der Waals surface area (Å²) in [6, 6.07) is 6.08. The number of nitrogens with one attached hydrogen (secondary N) is 1.